The molecule has 20 heavy (non-hydrogen) atoms. The third-order valence-corrected chi connectivity index (χ3v) is 5.97. The highest BCUT2D eigenvalue weighted by Gasteiger charge is 2.36. The smallest absolute Gasteiger partial charge is 0.180 e. The summed E-state index contributed by atoms with van der Waals surface area (Å²) in [6.45, 7) is 11.6. The molecule has 0 unspecified atom stereocenters. The molecule has 106 valence electrons. The fourth-order valence-electron chi connectivity index (χ4n) is 4.02. The molecule has 1 aromatic heterocycles. The van der Waals surface area contributed by atoms with Gasteiger partial charge in [0.2, 0.25) is 0 Å². The summed E-state index contributed by atoms with van der Waals surface area (Å²) in [4.78, 5) is 0. The van der Waals surface area contributed by atoms with Crippen LogP contribution in [0.25, 0.3) is 11.0 Å². The van der Waals surface area contributed by atoms with Crippen LogP contribution in [0.2, 0.25) is 0 Å². The normalized spacial score (nSPS) is 22.2. The van der Waals surface area contributed by atoms with E-state index >= 15 is 0 Å². The Kier molecular flexibility index (Phi) is 2.25. The van der Waals surface area contributed by atoms with Crippen LogP contribution in [-0.4, -0.2) is 9.13 Å². The monoisotopic (exact) mass is 286 g/mol. The Morgan fingerprint density at radius 2 is 1.25 bits per heavy atom. The van der Waals surface area contributed by atoms with E-state index in [1.54, 1.807) is 0 Å². The first kappa shape index (κ1) is 12.6. The average molecular weight is 286 g/mol. The van der Waals surface area contributed by atoms with Gasteiger partial charge in [-0.2, -0.15) is 0 Å². The summed E-state index contributed by atoms with van der Waals surface area (Å²) in [7, 11) is 0. The van der Waals surface area contributed by atoms with Gasteiger partial charge in [0.05, 0.1) is 11.0 Å². The molecule has 3 heteroatoms. The van der Waals surface area contributed by atoms with E-state index in [4.69, 9.17) is 12.2 Å². The van der Waals surface area contributed by atoms with E-state index in [0.29, 0.717) is 0 Å². The minimum atomic E-state index is 0.258. The van der Waals surface area contributed by atoms with Gasteiger partial charge in [0.15, 0.2) is 4.77 Å². The predicted molar refractivity (Wildman–Crippen MR) is 86.0 cm³/mol. The molecule has 0 atom stereocenters. The molecule has 0 spiro atoms. The largest absolute Gasteiger partial charge is 0.316 e. The summed E-state index contributed by atoms with van der Waals surface area (Å²) in [6, 6.07) is 4.72. The number of hydrogen-bond donors (Lipinski definition) is 0. The molecular weight excluding hydrogens is 264 g/mol. The summed E-state index contributed by atoms with van der Waals surface area (Å²) in [6.07, 6.45) is 2.35. The number of rotatable bonds is 0. The van der Waals surface area contributed by atoms with Gasteiger partial charge in [-0.1, -0.05) is 39.8 Å². The topological polar surface area (TPSA) is 9.86 Å². The van der Waals surface area contributed by atoms with E-state index in [1.165, 1.54) is 35.0 Å². The van der Waals surface area contributed by atoms with Crippen molar-refractivity contribution in [3.05, 3.63) is 28.0 Å². The van der Waals surface area contributed by atoms with Crippen molar-refractivity contribution in [1.82, 2.24) is 9.13 Å². The summed E-state index contributed by atoms with van der Waals surface area (Å²) >= 11 is 5.75. The van der Waals surface area contributed by atoms with E-state index in [-0.39, 0.29) is 10.8 Å². The maximum Gasteiger partial charge on any atom is 0.180 e. The first-order chi connectivity index (χ1) is 9.33. The van der Waals surface area contributed by atoms with Gasteiger partial charge in [0, 0.05) is 13.1 Å². The maximum absolute atomic E-state index is 5.75. The van der Waals surface area contributed by atoms with Gasteiger partial charge in [-0.3, -0.25) is 0 Å². The van der Waals surface area contributed by atoms with Crippen molar-refractivity contribution >= 4 is 23.3 Å². The zero-order chi connectivity index (χ0) is 14.3. The summed E-state index contributed by atoms with van der Waals surface area (Å²) < 4.78 is 5.80. The fraction of sp³-hybridized carbons (Fsp3) is 0.588. The molecule has 0 bridgehead atoms. The SMILES string of the molecule is CC1(C)CCn2c(=S)n3c4c(ccc1c42)C(C)(C)CC3. The quantitative estimate of drug-likeness (QED) is 0.647. The van der Waals surface area contributed by atoms with Crippen LogP contribution in [0.5, 0.6) is 0 Å². The third kappa shape index (κ3) is 1.37. The lowest BCUT2D eigenvalue weighted by molar-refractivity contribution is 0.413. The van der Waals surface area contributed by atoms with E-state index < -0.39 is 0 Å². The Morgan fingerprint density at radius 1 is 0.850 bits per heavy atom. The van der Waals surface area contributed by atoms with Gasteiger partial charge in [-0.15, -0.1) is 0 Å². The van der Waals surface area contributed by atoms with Gasteiger partial charge in [0.1, 0.15) is 0 Å². The zero-order valence-corrected chi connectivity index (χ0v) is 13.6. The second kappa shape index (κ2) is 3.56. The minimum absolute atomic E-state index is 0.258. The molecule has 2 aromatic rings. The van der Waals surface area contributed by atoms with E-state index in [0.717, 1.165) is 17.9 Å². The van der Waals surface area contributed by atoms with Gasteiger partial charge in [-0.25, -0.2) is 0 Å². The minimum Gasteiger partial charge on any atom is -0.316 e. The molecule has 0 radical (unpaired) electrons. The number of imidazole rings is 1. The standard InChI is InChI=1S/C17H22N2S/c1-16(2)7-9-18-13-11(16)5-6-12-14(13)19(15(18)20)10-8-17(12,3)4/h5-6H,7-10H2,1-4H3. The van der Waals surface area contributed by atoms with Crippen LogP contribution in [0.1, 0.15) is 51.7 Å². The number of aromatic nitrogens is 2. The molecule has 0 fully saturated rings. The highest BCUT2D eigenvalue weighted by molar-refractivity contribution is 7.71. The third-order valence-electron chi connectivity index (χ3n) is 5.53. The molecule has 2 nitrogen and oxygen atoms in total. The highest BCUT2D eigenvalue weighted by atomic mass is 32.1. The highest BCUT2D eigenvalue weighted by Crippen LogP contribution is 2.45. The van der Waals surface area contributed by atoms with Crippen molar-refractivity contribution in [1.29, 1.82) is 0 Å². The number of aryl methyl sites for hydroxylation is 2. The second-order valence-corrected chi connectivity index (χ2v) is 8.08. The van der Waals surface area contributed by atoms with Crippen LogP contribution < -0.4 is 0 Å². The van der Waals surface area contributed by atoms with Crippen LogP contribution >= 0.6 is 12.2 Å². The van der Waals surface area contributed by atoms with E-state index in [2.05, 4.69) is 49.0 Å². The van der Waals surface area contributed by atoms with E-state index in [1.807, 2.05) is 0 Å². The van der Waals surface area contributed by atoms with Crippen LogP contribution in [0.15, 0.2) is 12.1 Å². The molecule has 3 heterocycles. The maximum atomic E-state index is 5.75. The van der Waals surface area contributed by atoms with Crippen molar-refractivity contribution in [2.24, 2.45) is 0 Å². The van der Waals surface area contributed by atoms with Crippen molar-refractivity contribution in [2.75, 3.05) is 0 Å². The lowest BCUT2D eigenvalue weighted by atomic mass is 9.74. The molecule has 2 aliphatic rings. The number of hydrogen-bond acceptors (Lipinski definition) is 1. The molecular formula is C17H22N2S. The van der Waals surface area contributed by atoms with Gasteiger partial charge in [-0.05, 0) is 47.0 Å². The second-order valence-electron chi connectivity index (χ2n) is 7.71. The van der Waals surface area contributed by atoms with Crippen LogP contribution in [0.4, 0.5) is 0 Å². The number of nitrogens with zero attached hydrogens (tertiary/aromatic N) is 2. The molecule has 2 aliphatic heterocycles. The summed E-state index contributed by atoms with van der Waals surface area (Å²) in [5.41, 5.74) is 6.30. The Hall–Kier alpha value is -1.09. The predicted octanol–water partition coefficient (Wildman–Crippen LogP) is 4.53. The first-order valence-corrected chi connectivity index (χ1v) is 8.01. The summed E-state index contributed by atoms with van der Waals surface area (Å²) in [5.74, 6) is 0. The molecule has 1 aromatic carbocycles. The summed E-state index contributed by atoms with van der Waals surface area (Å²) in [5, 5.41) is 0. The fourth-order valence-corrected chi connectivity index (χ4v) is 4.39. The number of benzene rings is 1. The van der Waals surface area contributed by atoms with Crippen molar-refractivity contribution < 1.29 is 0 Å². The van der Waals surface area contributed by atoms with Crippen LogP contribution in [-0.2, 0) is 23.9 Å². The van der Waals surface area contributed by atoms with Gasteiger partial charge < -0.3 is 9.13 Å². The Labute approximate surface area is 125 Å². The van der Waals surface area contributed by atoms with Crippen molar-refractivity contribution in [3.8, 4) is 0 Å². The lowest BCUT2D eigenvalue weighted by Crippen LogP contribution is -2.28. The lowest BCUT2D eigenvalue weighted by Gasteiger charge is -2.35. The molecule has 0 saturated heterocycles. The Balaban J connectivity index is 2.24. The first-order valence-electron chi connectivity index (χ1n) is 7.60. The molecule has 0 amide bonds. The van der Waals surface area contributed by atoms with Gasteiger partial charge in [0.25, 0.3) is 0 Å². The van der Waals surface area contributed by atoms with Crippen LogP contribution in [0.3, 0.4) is 0 Å². The molecule has 0 aliphatic carbocycles. The van der Waals surface area contributed by atoms with Crippen LogP contribution in [0, 0.1) is 4.77 Å². The zero-order valence-electron chi connectivity index (χ0n) is 12.8. The molecule has 4 rings (SSSR count). The van der Waals surface area contributed by atoms with Crippen molar-refractivity contribution in [2.45, 2.75) is 64.5 Å². The van der Waals surface area contributed by atoms with E-state index in [9.17, 15) is 0 Å². The Bertz CT molecular complexity index is 725. The van der Waals surface area contributed by atoms with Gasteiger partial charge >= 0.3 is 0 Å². The van der Waals surface area contributed by atoms with Crippen molar-refractivity contribution in [3.63, 3.8) is 0 Å². The molecule has 0 saturated carbocycles. The Morgan fingerprint density at radius 3 is 1.65 bits per heavy atom. The molecule has 0 N–H and O–H groups in total. The average Bonchev–Trinajstić information content (AvgIpc) is 2.65.